The highest BCUT2D eigenvalue weighted by Gasteiger charge is 2.19. The van der Waals surface area contributed by atoms with Gasteiger partial charge in [0.1, 0.15) is 18.4 Å². The van der Waals surface area contributed by atoms with Crippen LogP contribution in [-0.4, -0.2) is 72.5 Å². The Kier molecular flexibility index (Phi) is 7.95. The van der Waals surface area contributed by atoms with Gasteiger partial charge in [-0.25, -0.2) is 4.98 Å². The van der Waals surface area contributed by atoms with E-state index in [2.05, 4.69) is 42.3 Å². The molecule has 0 bridgehead atoms. The highest BCUT2D eigenvalue weighted by atomic mass is 127. The average Bonchev–Trinajstić information content (AvgIpc) is 3.19. The molecule has 9 heteroatoms. The molecule has 1 saturated heterocycles. The van der Waals surface area contributed by atoms with Crippen molar-refractivity contribution in [2.45, 2.75) is 6.54 Å². The molecule has 1 aromatic carbocycles. The van der Waals surface area contributed by atoms with Crippen molar-refractivity contribution in [3.8, 4) is 5.75 Å². The largest absolute Gasteiger partial charge is 0.497 e. The van der Waals surface area contributed by atoms with Gasteiger partial charge in [-0.05, 0) is 12.1 Å². The number of nitrogens with one attached hydrogen (secondary N) is 1. The van der Waals surface area contributed by atoms with E-state index < -0.39 is 0 Å². The Labute approximate surface area is 171 Å². The van der Waals surface area contributed by atoms with E-state index in [1.807, 2.05) is 19.2 Å². The van der Waals surface area contributed by atoms with Crippen molar-refractivity contribution in [2.75, 3.05) is 51.8 Å². The fourth-order valence-electron chi connectivity index (χ4n) is 2.95. The Morgan fingerprint density at radius 1 is 1.27 bits per heavy atom. The SMILES string of the molecule is CN=C(NCCn1cncn1)N1CCN(c2cccc(OC)c2)CC1.I. The molecule has 0 atom stereocenters. The molecule has 1 N–H and O–H groups in total. The fourth-order valence-corrected chi connectivity index (χ4v) is 2.95. The van der Waals surface area contributed by atoms with Crippen molar-refractivity contribution in [3.05, 3.63) is 36.9 Å². The normalized spacial score (nSPS) is 14.8. The first-order valence-electron chi connectivity index (χ1n) is 8.47. The van der Waals surface area contributed by atoms with Crippen LogP contribution in [-0.2, 0) is 6.54 Å². The van der Waals surface area contributed by atoms with E-state index >= 15 is 0 Å². The first kappa shape index (κ1) is 20.3. The third-order valence-corrected chi connectivity index (χ3v) is 4.30. The van der Waals surface area contributed by atoms with Gasteiger partial charge in [0.2, 0.25) is 0 Å². The van der Waals surface area contributed by atoms with Gasteiger partial charge in [-0.3, -0.25) is 9.67 Å². The summed E-state index contributed by atoms with van der Waals surface area (Å²) in [5.41, 5.74) is 1.20. The number of benzene rings is 1. The number of aromatic nitrogens is 3. The number of ether oxygens (including phenoxy) is 1. The third kappa shape index (κ3) is 5.23. The minimum absolute atomic E-state index is 0. The van der Waals surface area contributed by atoms with Crippen molar-refractivity contribution < 1.29 is 4.74 Å². The number of piperazine rings is 1. The van der Waals surface area contributed by atoms with Gasteiger partial charge >= 0.3 is 0 Å². The molecule has 0 saturated carbocycles. The second-order valence-corrected chi connectivity index (χ2v) is 5.81. The van der Waals surface area contributed by atoms with Crippen LogP contribution in [0.5, 0.6) is 5.75 Å². The summed E-state index contributed by atoms with van der Waals surface area (Å²) in [6, 6.07) is 8.22. The van der Waals surface area contributed by atoms with Crippen molar-refractivity contribution >= 4 is 35.6 Å². The minimum atomic E-state index is 0. The summed E-state index contributed by atoms with van der Waals surface area (Å²) in [4.78, 5) is 13.0. The number of methoxy groups -OCH3 is 1. The van der Waals surface area contributed by atoms with Crippen LogP contribution in [0.25, 0.3) is 0 Å². The summed E-state index contributed by atoms with van der Waals surface area (Å²) in [5, 5.41) is 7.50. The molecular weight excluding hydrogens is 445 g/mol. The van der Waals surface area contributed by atoms with Gasteiger partial charge in [0.15, 0.2) is 5.96 Å². The Morgan fingerprint density at radius 2 is 2.08 bits per heavy atom. The van der Waals surface area contributed by atoms with Crippen molar-refractivity contribution in [1.82, 2.24) is 25.0 Å². The summed E-state index contributed by atoms with van der Waals surface area (Å²) >= 11 is 0. The van der Waals surface area contributed by atoms with Crippen LogP contribution in [0, 0.1) is 0 Å². The van der Waals surface area contributed by atoms with E-state index in [1.54, 1.807) is 24.4 Å². The predicted molar refractivity (Wildman–Crippen MR) is 114 cm³/mol. The average molecular weight is 471 g/mol. The lowest BCUT2D eigenvalue weighted by Crippen LogP contribution is -2.52. The topological polar surface area (TPSA) is 70.8 Å². The van der Waals surface area contributed by atoms with E-state index in [4.69, 9.17) is 4.74 Å². The maximum absolute atomic E-state index is 5.32. The smallest absolute Gasteiger partial charge is 0.193 e. The number of hydrogen-bond donors (Lipinski definition) is 1. The fraction of sp³-hybridized carbons (Fsp3) is 0.471. The van der Waals surface area contributed by atoms with Gasteiger partial charge in [-0.1, -0.05) is 6.07 Å². The lowest BCUT2D eigenvalue weighted by molar-refractivity contribution is 0.370. The number of nitrogens with zero attached hydrogens (tertiary/aromatic N) is 6. The predicted octanol–water partition coefficient (Wildman–Crippen LogP) is 1.30. The molecule has 8 nitrogen and oxygen atoms in total. The Balaban J connectivity index is 0.00000243. The van der Waals surface area contributed by atoms with Gasteiger partial charge in [-0.15, -0.1) is 24.0 Å². The molecule has 0 spiro atoms. The molecule has 142 valence electrons. The molecular formula is C17H26IN7O. The molecule has 1 aromatic heterocycles. The van der Waals surface area contributed by atoms with E-state index in [0.717, 1.165) is 51.0 Å². The third-order valence-electron chi connectivity index (χ3n) is 4.30. The van der Waals surface area contributed by atoms with Crippen LogP contribution in [0.4, 0.5) is 5.69 Å². The lowest BCUT2D eigenvalue weighted by atomic mass is 10.2. The number of guanidine groups is 1. The first-order valence-corrected chi connectivity index (χ1v) is 8.47. The second kappa shape index (κ2) is 10.2. The number of rotatable bonds is 5. The zero-order valence-corrected chi connectivity index (χ0v) is 17.5. The van der Waals surface area contributed by atoms with Crippen LogP contribution in [0.1, 0.15) is 0 Å². The van der Waals surface area contributed by atoms with Crippen LogP contribution < -0.4 is 15.0 Å². The molecule has 1 aliphatic rings. The van der Waals surface area contributed by atoms with Gasteiger partial charge in [0.05, 0.1) is 13.7 Å². The molecule has 0 unspecified atom stereocenters. The summed E-state index contributed by atoms with van der Waals surface area (Å²) in [7, 11) is 3.53. The quantitative estimate of drug-likeness (QED) is 0.403. The molecule has 1 aliphatic heterocycles. The summed E-state index contributed by atoms with van der Waals surface area (Å²) in [5.74, 6) is 1.83. The highest BCUT2D eigenvalue weighted by molar-refractivity contribution is 14.0. The summed E-state index contributed by atoms with van der Waals surface area (Å²) in [6.07, 6.45) is 3.27. The van der Waals surface area contributed by atoms with Crippen molar-refractivity contribution in [2.24, 2.45) is 4.99 Å². The molecule has 0 radical (unpaired) electrons. The maximum atomic E-state index is 5.32. The van der Waals surface area contributed by atoms with Crippen molar-refractivity contribution in [3.63, 3.8) is 0 Å². The molecule has 2 heterocycles. The number of aliphatic imine (C=N–C) groups is 1. The lowest BCUT2D eigenvalue weighted by Gasteiger charge is -2.37. The summed E-state index contributed by atoms with van der Waals surface area (Å²) in [6.45, 7) is 5.31. The van der Waals surface area contributed by atoms with E-state index in [9.17, 15) is 0 Å². The van der Waals surface area contributed by atoms with Gasteiger partial charge in [-0.2, -0.15) is 5.10 Å². The van der Waals surface area contributed by atoms with Gasteiger partial charge < -0.3 is 19.9 Å². The molecule has 2 aromatic rings. The van der Waals surface area contributed by atoms with E-state index in [1.165, 1.54) is 5.69 Å². The Hall–Kier alpha value is -2.04. The highest BCUT2D eigenvalue weighted by Crippen LogP contribution is 2.22. The molecule has 3 rings (SSSR count). The number of halogens is 1. The Morgan fingerprint density at radius 3 is 2.73 bits per heavy atom. The standard InChI is InChI=1S/C17H25N7O.HI/c1-18-17(20-6-7-24-14-19-13-21-24)23-10-8-22(9-11-23)15-4-3-5-16(12-15)25-2;/h3-5,12-14H,6-11H2,1-2H3,(H,18,20);1H. The van der Waals surface area contributed by atoms with Crippen LogP contribution in [0.15, 0.2) is 41.9 Å². The Bertz CT molecular complexity index is 684. The molecule has 26 heavy (non-hydrogen) atoms. The van der Waals surface area contributed by atoms with Gasteiger partial charge in [0.25, 0.3) is 0 Å². The zero-order valence-electron chi connectivity index (χ0n) is 15.2. The van der Waals surface area contributed by atoms with Gasteiger partial charge in [0, 0.05) is 51.5 Å². The minimum Gasteiger partial charge on any atom is -0.497 e. The van der Waals surface area contributed by atoms with Crippen LogP contribution >= 0.6 is 24.0 Å². The van der Waals surface area contributed by atoms with Crippen molar-refractivity contribution in [1.29, 1.82) is 0 Å². The molecule has 0 amide bonds. The maximum Gasteiger partial charge on any atom is 0.193 e. The number of hydrogen-bond acceptors (Lipinski definition) is 5. The molecule has 0 aliphatic carbocycles. The van der Waals surface area contributed by atoms with Crippen LogP contribution in [0.3, 0.4) is 0 Å². The first-order chi connectivity index (χ1) is 12.3. The monoisotopic (exact) mass is 471 g/mol. The summed E-state index contributed by atoms with van der Waals surface area (Å²) < 4.78 is 7.13. The van der Waals surface area contributed by atoms with E-state index in [-0.39, 0.29) is 24.0 Å². The number of anilines is 1. The molecule has 1 fully saturated rings. The second-order valence-electron chi connectivity index (χ2n) is 5.81. The van der Waals surface area contributed by atoms with Crippen LogP contribution in [0.2, 0.25) is 0 Å². The van der Waals surface area contributed by atoms with E-state index in [0.29, 0.717) is 0 Å². The zero-order chi connectivity index (χ0) is 17.5.